The molecule has 0 saturated carbocycles. The molecule has 1 aromatic carbocycles. The zero-order chi connectivity index (χ0) is 17.7. The van der Waals surface area contributed by atoms with E-state index >= 15 is 0 Å². The maximum absolute atomic E-state index is 5.49. The van der Waals surface area contributed by atoms with E-state index < -0.39 is 0 Å². The van der Waals surface area contributed by atoms with Gasteiger partial charge in [-0.15, -0.1) is 5.10 Å². The Balaban J connectivity index is 1.55. The summed E-state index contributed by atoms with van der Waals surface area (Å²) in [6.07, 6.45) is 2.61. The maximum Gasteiger partial charge on any atom is 0.151 e. The smallest absolute Gasteiger partial charge is 0.151 e. The van der Waals surface area contributed by atoms with Gasteiger partial charge in [0.2, 0.25) is 0 Å². The normalized spacial score (nSPS) is 32.5. The molecule has 4 saturated heterocycles. The first kappa shape index (κ1) is 16.1. The van der Waals surface area contributed by atoms with E-state index in [9.17, 15) is 0 Å². The lowest BCUT2D eigenvalue weighted by Crippen LogP contribution is -2.60. The highest BCUT2D eigenvalue weighted by Gasteiger charge is 2.53. The Bertz CT molecular complexity index is 785. The average Bonchev–Trinajstić information content (AvgIpc) is 3.12. The third-order valence-corrected chi connectivity index (χ3v) is 6.59. The molecular weight excluding hydrogens is 324 g/mol. The average molecular weight is 350 g/mol. The summed E-state index contributed by atoms with van der Waals surface area (Å²) in [5, 5.41) is 8.85. The van der Waals surface area contributed by atoms with Gasteiger partial charge in [0, 0.05) is 24.5 Å². The number of rotatable bonds is 3. The summed E-state index contributed by atoms with van der Waals surface area (Å²) in [5.41, 5.74) is 2.36. The van der Waals surface area contributed by atoms with Crippen LogP contribution in [-0.4, -0.2) is 53.9 Å². The monoisotopic (exact) mass is 350 g/mol. The van der Waals surface area contributed by atoms with E-state index in [4.69, 9.17) is 4.74 Å². The van der Waals surface area contributed by atoms with Gasteiger partial charge in [0.25, 0.3) is 0 Å². The zero-order valence-corrected chi connectivity index (χ0v) is 15.5. The predicted octanol–water partition coefficient (Wildman–Crippen LogP) is 2.86. The number of methoxy groups -OCH3 is 1. The standard InChI is InChI=1S/C21H26N4O/c1-14-6-7-19(23-22-14)25-13-18(16-4-3-5-17(12-16)26-2)21-20(25)15-8-10-24(21)11-9-15/h3-7,12,15,18,20-21H,8-11,13H2,1-2H3/t18-,20-,21-/m1/s1. The number of nitrogens with zero attached hydrogens (tertiary/aromatic N) is 4. The van der Waals surface area contributed by atoms with Gasteiger partial charge in [-0.05, 0) is 68.6 Å². The Morgan fingerprint density at radius 3 is 2.62 bits per heavy atom. The van der Waals surface area contributed by atoms with Crippen LogP contribution in [0.5, 0.6) is 5.75 Å². The van der Waals surface area contributed by atoms with Crippen LogP contribution in [0.25, 0.3) is 0 Å². The van der Waals surface area contributed by atoms with Gasteiger partial charge in [0.1, 0.15) is 5.75 Å². The van der Waals surface area contributed by atoms with Gasteiger partial charge >= 0.3 is 0 Å². The fourth-order valence-corrected chi connectivity index (χ4v) is 5.39. The molecule has 5 heteroatoms. The number of hydrogen-bond donors (Lipinski definition) is 0. The van der Waals surface area contributed by atoms with Crippen LogP contribution < -0.4 is 9.64 Å². The molecule has 5 nitrogen and oxygen atoms in total. The molecule has 0 radical (unpaired) electrons. The Morgan fingerprint density at radius 2 is 1.88 bits per heavy atom. The van der Waals surface area contributed by atoms with Crippen molar-refractivity contribution in [3.63, 3.8) is 0 Å². The summed E-state index contributed by atoms with van der Waals surface area (Å²) in [7, 11) is 1.75. The number of aromatic nitrogens is 2. The number of anilines is 1. The maximum atomic E-state index is 5.49. The fourth-order valence-electron chi connectivity index (χ4n) is 5.39. The Hall–Kier alpha value is -2.14. The van der Waals surface area contributed by atoms with Crippen LogP contribution in [-0.2, 0) is 0 Å². The lowest BCUT2D eigenvalue weighted by atomic mass is 9.75. The van der Waals surface area contributed by atoms with Crippen LogP contribution in [0.3, 0.4) is 0 Å². The summed E-state index contributed by atoms with van der Waals surface area (Å²) in [5.74, 6) is 3.23. The first-order valence-electron chi connectivity index (χ1n) is 9.69. The topological polar surface area (TPSA) is 41.5 Å². The molecule has 0 amide bonds. The molecule has 0 unspecified atom stereocenters. The molecule has 4 aliphatic heterocycles. The summed E-state index contributed by atoms with van der Waals surface area (Å²) in [6, 6.07) is 14.0. The minimum Gasteiger partial charge on any atom is -0.497 e. The first-order valence-corrected chi connectivity index (χ1v) is 9.69. The van der Waals surface area contributed by atoms with Crippen LogP contribution in [0.4, 0.5) is 5.82 Å². The van der Waals surface area contributed by atoms with Crippen molar-refractivity contribution in [1.82, 2.24) is 15.1 Å². The first-order chi connectivity index (χ1) is 12.7. The second-order valence-corrected chi connectivity index (χ2v) is 7.92. The predicted molar refractivity (Wildman–Crippen MR) is 102 cm³/mol. The quantitative estimate of drug-likeness (QED) is 0.851. The lowest BCUT2D eigenvalue weighted by Gasteiger charge is -2.51. The Morgan fingerprint density at radius 1 is 1.04 bits per heavy atom. The summed E-state index contributed by atoms with van der Waals surface area (Å²) in [4.78, 5) is 5.26. The van der Waals surface area contributed by atoms with Gasteiger partial charge in [-0.2, -0.15) is 5.10 Å². The van der Waals surface area contributed by atoms with Gasteiger partial charge in [-0.25, -0.2) is 0 Å². The van der Waals surface area contributed by atoms with Crippen LogP contribution in [0.2, 0.25) is 0 Å². The van der Waals surface area contributed by atoms with E-state index in [1.165, 1.54) is 31.5 Å². The van der Waals surface area contributed by atoms with E-state index in [1.54, 1.807) is 7.11 Å². The van der Waals surface area contributed by atoms with E-state index in [0.29, 0.717) is 18.0 Å². The van der Waals surface area contributed by atoms with Gasteiger partial charge in [0.05, 0.1) is 12.8 Å². The summed E-state index contributed by atoms with van der Waals surface area (Å²) < 4.78 is 5.49. The molecule has 0 aliphatic carbocycles. The molecule has 5 heterocycles. The lowest BCUT2D eigenvalue weighted by molar-refractivity contribution is 0.0354. The second kappa shape index (κ2) is 6.23. The molecule has 0 spiro atoms. The van der Waals surface area contributed by atoms with Gasteiger partial charge in [-0.1, -0.05) is 12.1 Å². The van der Waals surface area contributed by atoms with E-state index in [-0.39, 0.29) is 0 Å². The number of fused-ring (bicyclic) bond motifs is 2. The molecular formula is C21H26N4O. The number of piperidine rings is 3. The molecule has 26 heavy (non-hydrogen) atoms. The molecule has 6 rings (SSSR count). The molecule has 4 fully saturated rings. The molecule has 136 valence electrons. The highest BCUT2D eigenvalue weighted by molar-refractivity contribution is 5.47. The number of benzene rings is 1. The van der Waals surface area contributed by atoms with Crippen molar-refractivity contribution < 1.29 is 4.74 Å². The molecule has 2 aromatic rings. The number of ether oxygens (including phenoxy) is 1. The van der Waals surface area contributed by atoms with Crippen molar-refractivity contribution in [2.45, 2.75) is 37.8 Å². The second-order valence-electron chi connectivity index (χ2n) is 7.92. The van der Waals surface area contributed by atoms with Gasteiger partial charge in [-0.3, -0.25) is 4.90 Å². The van der Waals surface area contributed by atoms with E-state index in [0.717, 1.165) is 29.7 Å². The SMILES string of the molecule is COc1cccc([C@H]2CN(c3ccc(C)nn3)[C@@H]3C4CCN(CC4)[C@H]23)c1. The summed E-state index contributed by atoms with van der Waals surface area (Å²) in [6.45, 7) is 5.48. The van der Waals surface area contributed by atoms with Crippen molar-refractivity contribution in [3.05, 3.63) is 47.7 Å². The molecule has 3 atom stereocenters. The van der Waals surface area contributed by atoms with Crippen molar-refractivity contribution in [2.24, 2.45) is 5.92 Å². The fraction of sp³-hybridized carbons (Fsp3) is 0.524. The highest BCUT2D eigenvalue weighted by atomic mass is 16.5. The van der Waals surface area contributed by atoms with Crippen LogP contribution in [0.1, 0.15) is 30.0 Å². The number of hydrogen-bond acceptors (Lipinski definition) is 5. The van der Waals surface area contributed by atoms with Crippen LogP contribution in [0, 0.1) is 12.8 Å². The van der Waals surface area contributed by atoms with E-state index in [2.05, 4.69) is 50.3 Å². The van der Waals surface area contributed by atoms with Crippen molar-refractivity contribution >= 4 is 5.82 Å². The van der Waals surface area contributed by atoms with Crippen molar-refractivity contribution in [1.29, 1.82) is 0 Å². The molecule has 2 bridgehead atoms. The van der Waals surface area contributed by atoms with Crippen LogP contribution in [0.15, 0.2) is 36.4 Å². The Kier molecular flexibility index (Phi) is 3.85. The van der Waals surface area contributed by atoms with E-state index in [1.807, 2.05) is 13.0 Å². The minimum absolute atomic E-state index is 0.487. The largest absolute Gasteiger partial charge is 0.497 e. The third-order valence-electron chi connectivity index (χ3n) is 6.59. The Labute approximate surface area is 155 Å². The summed E-state index contributed by atoms with van der Waals surface area (Å²) >= 11 is 0. The zero-order valence-electron chi connectivity index (χ0n) is 15.5. The number of aryl methyl sites for hydroxylation is 1. The van der Waals surface area contributed by atoms with Gasteiger partial charge < -0.3 is 9.64 Å². The van der Waals surface area contributed by atoms with Crippen LogP contribution >= 0.6 is 0 Å². The molecule has 4 aliphatic rings. The van der Waals surface area contributed by atoms with Crippen molar-refractivity contribution in [3.8, 4) is 5.75 Å². The third kappa shape index (κ3) is 2.49. The molecule has 0 N–H and O–H groups in total. The molecule has 1 aromatic heterocycles. The highest BCUT2D eigenvalue weighted by Crippen LogP contribution is 2.47. The van der Waals surface area contributed by atoms with Crippen molar-refractivity contribution in [2.75, 3.05) is 31.6 Å². The minimum atomic E-state index is 0.487. The van der Waals surface area contributed by atoms with Gasteiger partial charge in [0.15, 0.2) is 5.82 Å².